The van der Waals surface area contributed by atoms with Gasteiger partial charge in [-0.2, -0.15) is 0 Å². The zero-order chi connectivity index (χ0) is 15.4. The predicted octanol–water partition coefficient (Wildman–Crippen LogP) is 1.79. The molecule has 0 bridgehead atoms. The van der Waals surface area contributed by atoms with Gasteiger partial charge in [0.1, 0.15) is 11.9 Å². The van der Waals surface area contributed by atoms with E-state index in [0.717, 1.165) is 6.42 Å². The standard InChI is InChI=1S/C14H19ClFN3O2/c1-2-3-18-14(20)13-8-21-5-4-19(13)12-7-10(16)9(15)6-11(12)17/h6-7,13H,2-5,8,17H2,1H3,(H,18,20). The molecule has 1 amide bonds. The average Bonchev–Trinajstić information content (AvgIpc) is 2.48. The Labute approximate surface area is 128 Å². The monoisotopic (exact) mass is 315 g/mol. The molecule has 116 valence electrons. The van der Waals surface area contributed by atoms with Crippen molar-refractivity contribution in [1.29, 1.82) is 0 Å². The molecule has 1 aliphatic heterocycles. The summed E-state index contributed by atoms with van der Waals surface area (Å²) < 4.78 is 19.1. The maximum Gasteiger partial charge on any atom is 0.245 e. The summed E-state index contributed by atoms with van der Waals surface area (Å²) in [4.78, 5) is 14.0. The van der Waals surface area contributed by atoms with Crippen LogP contribution in [0.3, 0.4) is 0 Å². The molecule has 1 aromatic rings. The number of benzene rings is 1. The molecule has 3 N–H and O–H groups in total. The number of anilines is 2. The number of nitrogens with two attached hydrogens (primary N) is 1. The molecule has 1 aliphatic rings. The van der Waals surface area contributed by atoms with Gasteiger partial charge in [0, 0.05) is 19.2 Å². The van der Waals surface area contributed by atoms with Gasteiger partial charge in [0.15, 0.2) is 0 Å². The summed E-state index contributed by atoms with van der Waals surface area (Å²) in [5.74, 6) is -0.702. The smallest absolute Gasteiger partial charge is 0.245 e. The number of hydrogen-bond donors (Lipinski definition) is 2. The van der Waals surface area contributed by atoms with E-state index in [1.54, 1.807) is 4.90 Å². The Balaban J connectivity index is 2.26. The second-order valence-corrected chi connectivity index (χ2v) is 5.31. The van der Waals surface area contributed by atoms with Gasteiger partial charge in [-0.1, -0.05) is 18.5 Å². The van der Waals surface area contributed by atoms with Crippen LogP contribution in [0.4, 0.5) is 15.8 Å². The second kappa shape index (κ2) is 6.95. The van der Waals surface area contributed by atoms with Crippen LogP contribution in [0.5, 0.6) is 0 Å². The highest BCUT2D eigenvalue weighted by Gasteiger charge is 2.31. The van der Waals surface area contributed by atoms with Crippen molar-refractivity contribution in [2.75, 3.05) is 36.9 Å². The lowest BCUT2D eigenvalue weighted by Gasteiger charge is -2.37. The van der Waals surface area contributed by atoms with E-state index >= 15 is 0 Å². The highest BCUT2D eigenvalue weighted by Crippen LogP contribution is 2.31. The van der Waals surface area contributed by atoms with E-state index < -0.39 is 11.9 Å². The number of halogens is 2. The van der Waals surface area contributed by atoms with Gasteiger partial charge in [-0.25, -0.2) is 4.39 Å². The number of amides is 1. The number of morpholine rings is 1. The first-order valence-electron chi connectivity index (χ1n) is 6.91. The van der Waals surface area contributed by atoms with Crippen molar-refractivity contribution in [3.8, 4) is 0 Å². The van der Waals surface area contributed by atoms with Crippen LogP contribution in [0.15, 0.2) is 12.1 Å². The molecule has 0 aliphatic carbocycles. The molecule has 0 spiro atoms. The Morgan fingerprint density at radius 3 is 3.10 bits per heavy atom. The van der Waals surface area contributed by atoms with Crippen LogP contribution in [0.1, 0.15) is 13.3 Å². The molecule has 1 atom stereocenters. The Hall–Kier alpha value is -1.53. The number of rotatable bonds is 4. The third-order valence-corrected chi connectivity index (χ3v) is 3.65. The van der Waals surface area contributed by atoms with Crippen LogP contribution < -0.4 is 16.0 Å². The van der Waals surface area contributed by atoms with Crippen molar-refractivity contribution in [2.24, 2.45) is 0 Å². The molecule has 1 unspecified atom stereocenters. The third-order valence-electron chi connectivity index (χ3n) is 3.36. The number of nitrogens with one attached hydrogen (secondary N) is 1. The van der Waals surface area contributed by atoms with Crippen LogP contribution in [0, 0.1) is 5.82 Å². The van der Waals surface area contributed by atoms with E-state index in [1.165, 1.54) is 12.1 Å². The number of ether oxygens (including phenoxy) is 1. The summed E-state index contributed by atoms with van der Waals surface area (Å²) in [5.41, 5.74) is 6.73. The number of carbonyl (C=O) groups is 1. The zero-order valence-electron chi connectivity index (χ0n) is 11.9. The quantitative estimate of drug-likeness (QED) is 0.831. The van der Waals surface area contributed by atoms with Gasteiger partial charge in [0.25, 0.3) is 0 Å². The van der Waals surface area contributed by atoms with E-state index in [1.807, 2.05) is 6.92 Å². The van der Waals surface area contributed by atoms with Gasteiger partial charge >= 0.3 is 0 Å². The van der Waals surface area contributed by atoms with Gasteiger partial charge in [0.05, 0.1) is 29.6 Å². The van der Waals surface area contributed by atoms with E-state index in [-0.39, 0.29) is 17.5 Å². The van der Waals surface area contributed by atoms with E-state index in [4.69, 9.17) is 22.1 Å². The first-order chi connectivity index (χ1) is 10.0. The lowest BCUT2D eigenvalue weighted by molar-refractivity contribution is -0.124. The van der Waals surface area contributed by atoms with Crippen LogP contribution in [0.2, 0.25) is 5.02 Å². The molecule has 1 aromatic carbocycles. The highest BCUT2D eigenvalue weighted by molar-refractivity contribution is 6.31. The zero-order valence-corrected chi connectivity index (χ0v) is 12.6. The molecule has 1 heterocycles. The molecule has 1 saturated heterocycles. The summed E-state index contributed by atoms with van der Waals surface area (Å²) in [6.07, 6.45) is 0.844. The van der Waals surface area contributed by atoms with Crippen molar-refractivity contribution in [3.05, 3.63) is 23.0 Å². The minimum Gasteiger partial charge on any atom is -0.397 e. The first kappa shape index (κ1) is 15.9. The van der Waals surface area contributed by atoms with Crippen LogP contribution in [-0.2, 0) is 9.53 Å². The number of nitrogens with zero attached hydrogens (tertiary/aromatic N) is 1. The third kappa shape index (κ3) is 3.57. The molecule has 1 fully saturated rings. The fourth-order valence-corrected chi connectivity index (χ4v) is 2.45. The number of hydrogen-bond acceptors (Lipinski definition) is 4. The molecule has 21 heavy (non-hydrogen) atoms. The molecule has 0 aromatic heterocycles. The normalized spacial score (nSPS) is 18.6. The van der Waals surface area contributed by atoms with Crippen molar-refractivity contribution in [2.45, 2.75) is 19.4 Å². The maximum atomic E-state index is 13.7. The fourth-order valence-electron chi connectivity index (χ4n) is 2.28. The minimum atomic E-state index is -0.555. The number of carbonyl (C=O) groups excluding carboxylic acids is 1. The first-order valence-corrected chi connectivity index (χ1v) is 7.29. The van der Waals surface area contributed by atoms with Crippen molar-refractivity contribution in [3.63, 3.8) is 0 Å². The summed E-state index contributed by atoms with van der Waals surface area (Å²) in [6.45, 7) is 3.74. The van der Waals surface area contributed by atoms with Crippen molar-refractivity contribution >= 4 is 28.9 Å². The predicted molar refractivity (Wildman–Crippen MR) is 81.1 cm³/mol. The Morgan fingerprint density at radius 1 is 1.62 bits per heavy atom. The largest absolute Gasteiger partial charge is 0.397 e. The molecule has 5 nitrogen and oxygen atoms in total. The Bertz CT molecular complexity index is 527. The Kier molecular flexibility index (Phi) is 5.25. The summed E-state index contributed by atoms with van der Waals surface area (Å²) in [7, 11) is 0. The lowest BCUT2D eigenvalue weighted by atomic mass is 10.1. The highest BCUT2D eigenvalue weighted by atomic mass is 35.5. The van der Waals surface area contributed by atoms with Gasteiger partial charge in [0.2, 0.25) is 5.91 Å². The summed E-state index contributed by atoms with van der Waals surface area (Å²) in [5, 5.41) is 2.79. The van der Waals surface area contributed by atoms with Crippen molar-refractivity contribution < 1.29 is 13.9 Å². The van der Waals surface area contributed by atoms with E-state index in [0.29, 0.717) is 31.1 Å². The van der Waals surface area contributed by atoms with Crippen LogP contribution in [0.25, 0.3) is 0 Å². The fraction of sp³-hybridized carbons (Fsp3) is 0.500. The molecular weight excluding hydrogens is 297 g/mol. The number of nitrogen functional groups attached to an aromatic ring is 1. The van der Waals surface area contributed by atoms with Crippen LogP contribution in [-0.4, -0.2) is 38.3 Å². The van der Waals surface area contributed by atoms with E-state index in [2.05, 4.69) is 5.32 Å². The van der Waals surface area contributed by atoms with Gasteiger partial charge in [-0.15, -0.1) is 0 Å². The molecule has 0 saturated carbocycles. The maximum absolute atomic E-state index is 13.7. The van der Waals surface area contributed by atoms with Gasteiger partial charge in [-0.05, 0) is 12.5 Å². The average molecular weight is 316 g/mol. The summed E-state index contributed by atoms with van der Waals surface area (Å²) in [6, 6.07) is 2.11. The molecule has 0 radical (unpaired) electrons. The summed E-state index contributed by atoms with van der Waals surface area (Å²) >= 11 is 5.71. The molecule has 7 heteroatoms. The van der Waals surface area contributed by atoms with Crippen molar-refractivity contribution in [1.82, 2.24) is 5.32 Å². The second-order valence-electron chi connectivity index (χ2n) is 4.90. The Morgan fingerprint density at radius 2 is 2.38 bits per heavy atom. The lowest BCUT2D eigenvalue weighted by Crippen LogP contribution is -2.54. The van der Waals surface area contributed by atoms with Gasteiger partial charge in [-0.3, -0.25) is 4.79 Å². The van der Waals surface area contributed by atoms with Crippen LogP contribution >= 0.6 is 11.6 Å². The minimum absolute atomic E-state index is 0.0310. The van der Waals surface area contributed by atoms with E-state index in [9.17, 15) is 9.18 Å². The van der Waals surface area contributed by atoms with Gasteiger partial charge < -0.3 is 20.7 Å². The topological polar surface area (TPSA) is 67.6 Å². The molecular formula is C14H19ClFN3O2. The SMILES string of the molecule is CCCNC(=O)C1COCCN1c1cc(F)c(Cl)cc1N. The molecule has 2 rings (SSSR count).